The number of amides is 1. The Hall–Kier alpha value is -2.15. The number of nitrogens with zero attached hydrogens (tertiary/aromatic N) is 2. The van der Waals surface area contributed by atoms with Crippen LogP contribution >= 0.6 is 0 Å². The van der Waals surface area contributed by atoms with Gasteiger partial charge in [-0.25, -0.2) is 8.42 Å². The molecule has 0 aliphatic heterocycles. The largest absolute Gasteiger partial charge is 0.321 e. The van der Waals surface area contributed by atoms with E-state index in [4.69, 9.17) is 0 Å². The fourth-order valence-electron chi connectivity index (χ4n) is 3.10. The maximum Gasteiger partial charge on any atom is 0.276 e. The summed E-state index contributed by atoms with van der Waals surface area (Å²) in [5.41, 5.74) is 1.44. The second kappa shape index (κ2) is 6.39. The van der Waals surface area contributed by atoms with Crippen molar-refractivity contribution in [1.82, 2.24) is 9.78 Å². The Morgan fingerprint density at radius 2 is 1.96 bits per heavy atom. The van der Waals surface area contributed by atoms with Gasteiger partial charge >= 0.3 is 0 Å². The van der Waals surface area contributed by atoms with Gasteiger partial charge in [-0.05, 0) is 43.5 Å². The Balaban J connectivity index is 1.78. The van der Waals surface area contributed by atoms with Crippen LogP contribution in [0.25, 0.3) is 0 Å². The zero-order valence-electron chi connectivity index (χ0n) is 13.8. The fraction of sp³-hybridized carbons (Fsp3) is 0.412. The van der Waals surface area contributed by atoms with Gasteiger partial charge in [0.1, 0.15) is 0 Å². The molecular weight excluding hydrogens is 326 g/mol. The molecule has 0 radical (unpaired) electrons. The lowest BCUT2D eigenvalue weighted by Gasteiger charge is -2.09. The smallest absolute Gasteiger partial charge is 0.276 e. The molecule has 1 aromatic heterocycles. The van der Waals surface area contributed by atoms with E-state index in [1.54, 1.807) is 25.1 Å². The van der Waals surface area contributed by atoms with E-state index in [0.717, 1.165) is 19.1 Å². The van der Waals surface area contributed by atoms with Gasteiger partial charge in [-0.15, -0.1) is 0 Å². The zero-order chi connectivity index (χ0) is 17.3. The quantitative estimate of drug-likeness (QED) is 0.922. The molecule has 1 fully saturated rings. The number of hydrogen-bond acceptors (Lipinski definition) is 4. The van der Waals surface area contributed by atoms with Crippen molar-refractivity contribution in [3.05, 3.63) is 41.7 Å². The second-order valence-electron chi connectivity index (χ2n) is 6.33. The molecule has 0 unspecified atom stereocenters. The van der Waals surface area contributed by atoms with Crippen molar-refractivity contribution in [1.29, 1.82) is 0 Å². The van der Waals surface area contributed by atoms with E-state index >= 15 is 0 Å². The van der Waals surface area contributed by atoms with Crippen molar-refractivity contribution in [2.75, 3.05) is 11.6 Å². The van der Waals surface area contributed by atoms with Crippen molar-refractivity contribution in [3.8, 4) is 0 Å². The summed E-state index contributed by atoms with van der Waals surface area (Å²) < 4.78 is 25.4. The molecule has 0 atom stereocenters. The van der Waals surface area contributed by atoms with Gasteiger partial charge in [-0.1, -0.05) is 18.9 Å². The number of hydrogen-bond donors (Lipinski definition) is 1. The van der Waals surface area contributed by atoms with Crippen LogP contribution in [0.1, 0.15) is 47.8 Å². The molecule has 1 aromatic carbocycles. The van der Waals surface area contributed by atoms with Crippen LogP contribution in [-0.2, 0) is 9.84 Å². The van der Waals surface area contributed by atoms with E-state index in [1.807, 2.05) is 10.9 Å². The molecule has 3 rings (SSSR count). The van der Waals surface area contributed by atoms with Gasteiger partial charge in [0.05, 0.1) is 10.9 Å². The van der Waals surface area contributed by atoms with Crippen LogP contribution in [-0.4, -0.2) is 30.4 Å². The van der Waals surface area contributed by atoms with Crippen molar-refractivity contribution in [3.63, 3.8) is 0 Å². The Bertz CT molecular complexity index is 865. The summed E-state index contributed by atoms with van der Waals surface area (Å²) in [5, 5.41) is 7.09. The molecular formula is C17H21N3O3S. The minimum Gasteiger partial charge on any atom is -0.321 e. The monoisotopic (exact) mass is 347 g/mol. The lowest BCUT2D eigenvalue weighted by atomic mass is 10.2. The highest BCUT2D eigenvalue weighted by molar-refractivity contribution is 7.90. The molecule has 7 heteroatoms. The van der Waals surface area contributed by atoms with Gasteiger partial charge in [0, 0.05) is 18.1 Å². The minimum atomic E-state index is -3.33. The Kier molecular flexibility index (Phi) is 4.45. The van der Waals surface area contributed by atoms with Gasteiger partial charge in [-0.2, -0.15) is 5.10 Å². The van der Waals surface area contributed by atoms with Crippen LogP contribution in [0.2, 0.25) is 0 Å². The summed E-state index contributed by atoms with van der Waals surface area (Å²) >= 11 is 0. The SMILES string of the molecule is Cc1ccc(NC(=O)c2ccn(C3CCCC3)n2)cc1S(C)(=O)=O. The molecule has 0 spiro atoms. The molecule has 1 aliphatic rings. The standard InChI is InChI=1S/C17H21N3O3S/c1-12-7-8-13(11-16(12)24(2,22)23)18-17(21)15-9-10-20(19-15)14-5-3-4-6-14/h7-11,14H,3-6H2,1-2H3,(H,18,21). The number of carbonyl (C=O) groups is 1. The first-order valence-electron chi connectivity index (χ1n) is 8.02. The van der Waals surface area contributed by atoms with E-state index in [0.29, 0.717) is 23.0 Å². The number of nitrogens with one attached hydrogen (secondary N) is 1. The van der Waals surface area contributed by atoms with Crippen LogP contribution in [0.3, 0.4) is 0 Å². The third-order valence-corrected chi connectivity index (χ3v) is 5.62. The Labute approximate surface area is 141 Å². The molecule has 1 saturated carbocycles. The van der Waals surface area contributed by atoms with E-state index in [-0.39, 0.29) is 10.8 Å². The maximum absolute atomic E-state index is 12.4. The first kappa shape index (κ1) is 16.7. The third-order valence-electron chi connectivity index (χ3n) is 4.39. The summed E-state index contributed by atoms with van der Waals surface area (Å²) in [6, 6.07) is 6.93. The number of anilines is 1. The summed E-state index contributed by atoms with van der Waals surface area (Å²) in [6.07, 6.45) is 7.58. The first-order chi connectivity index (χ1) is 11.3. The lowest BCUT2D eigenvalue weighted by Crippen LogP contribution is -2.15. The van der Waals surface area contributed by atoms with Gasteiger partial charge < -0.3 is 5.32 Å². The van der Waals surface area contributed by atoms with E-state index in [2.05, 4.69) is 10.4 Å². The van der Waals surface area contributed by atoms with Crippen LogP contribution in [0.5, 0.6) is 0 Å². The van der Waals surface area contributed by atoms with Gasteiger partial charge in [0.2, 0.25) is 0 Å². The molecule has 1 heterocycles. The van der Waals surface area contributed by atoms with Crippen LogP contribution < -0.4 is 5.32 Å². The first-order valence-corrected chi connectivity index (χ1v) is 9.91. The molecule has 1 amide bonds. The fourth-order valence-corrected chi connectivity index (χ4v) is 4.10. The summed E-state index contributed by atoms with van der Waals surface area (Å²) in [7, 11) is -3.33. The topological polar surface area (TPSA) is 81.1 Å². The highest BCUT2D eigenvalue weighted by atomic mass is 32.2. The molecule has 1 aliphatic carbocycles. The van der Waals surface area contributed by atoms with Crippen molar-refractivity contribution < 1.29 is 13.2 Å². The van der Waals surface area contributed by atoms with E-state index in [1.165, 1.54) is 18.9 Å². The van der Waals surface area contributed by atoms with Crippen LogP contribution in [0.4, 0.5) is 5.69 Å². The predicted octanol–water partition coefficient (Wildman–Crippen LogP) is 2.96. The van der Waals surface area contributed by atoms with Gasteiger partial charge in [0.15, 0.2) is 15.5 Å². The number of aryl methyl sites for hydroxylation is 1. The van der Waals surface area contributed by atoms with Crippen LogP contribution in [0, 0.1) is 6.92 Å². The molecule has 0 saturated heterocycles. The summed E-state index contributed by atoms with van der Waals surface area (Å²) in [6.45, 7) is 1.73. The number of aromatic nitrogens is 2. The van der Waals surface area contributed by atoms with Gasteiger partial charge in [0.25, 0.3) is 5.91 Å². The normalized spacial score (nSPS) is 15.6. The maximum atomic E-state index is 12.4. The molecule has 6 nitrogen and oxygen atoms in total. The molecule has 0 bridgehead atoms. The molecule has 2 aromatic rings. The summed E-state index contributed by atoms with van der Waals surface area (Å²) in [4.78, 5) is 12.6. The van der Waals surface area contributed by atoms with Crippen molar-refractivity contribution in [2.45, 2.75) is 43.5 Å². The molecule has 1 N–H and O–H groups in total. The van der Waals surface area contributed by atoms with Crippen LogP contribution in [0.15, 0.2) is 35.4 Å². The molecule has 24 heavy (non-hydrogen) atoms. The number of benzene rings is 1. The Morgan fingerprint density at radius 1 is 1.25 bits per heavy atom. The van der Waals surface area contributed by atoms with E-state index in [9.17, 15) is 13.2 Å². The summed E-state index contributed by atoms with van der Waals surface area (Å²) in [5.74, 6) is -0.338. The van der Waals surface area contributed by atoms with Crippen molar-refractivity contribution in [2.24, 2.45) is 0 Å². The Morgan fingerprint density at radius 3 is 2.62 bits per heavy atom. The highest BCUT2D eigenvalue weighted by Crippen LogP contribution is 2.28. The highest BCUT2D eigenvalue weighted by Gasteiger charge is 2.19. The van der Waals surface area contributed by atoms with E-state index < -0.39 is 9.84 Å². The second-order valence-corrected chi connectivity index (χ2v) is 8.31. The third kappa shape index (κ3) is 3.51. The zero-order valence-corrected chi connectivity index (χ0v) is 14.6. The number of rotatable bonds is 4. The lowest BCUT2D eigenvalue weighted by molar-refractivity contribution is 0.102. The average Bonchev–Trinajstić information content (AvgIpc) is 3.18. The minimum absolute atomic E-state index is 0.219. The van der Waals surface area contributed by atoms with Gasteiger partial charge in [-0.3, -0.25) is 9.48 Å². The number of carbonyl (C=O) groups excluding carboxylic acids is 1. The average molecular weight is 347 g/mol. The molecule has 128 valence electrons. The number of sulfone groups is 1. The van der Waals surface area contributed by atoms with Crippen molar-refractivity contribution >= 4 is 21.4 Å². The predicted molar refractivity (Wildman–Crippen MR) is 92.0 cm³/mol.